The lowest BCUT2D eigenvalue weighted by molar-refractivity contribution is 0.0693. The minimum absolute atomic E-state index is 0.652. The van der Waals surface area contributed by atoms with E-state index >= 15 is 0 Å². The Kier molecular flexibility index (Phi) is 5.07. The smallest absolute Gasteiger partial charge is 0.00789 e. The first kappa shape index (κ1) is 13.0. The average molecular weight is 212 g/mol. The van der Waals surface area contributed by atoms with Crippen LogP contribution in [0.15, 0.2) is 0 Å². The molecule has 0 amide bonds. The Balaban J connectivity index is 2.40. The summed E-state index contributed by atoms with van der Waals surface area (Å²) in [6.07, 6.45) is 6.61. The minimum Gasteiger partial charge on any atom is -0.330 e. The molecule has 2 heteroatoms. The molecule has 0 bridgehead atoms. The van der Waals surface area contributed by atoms with Gasteiger partial charge in [-0.05, 0) is 51.2 Å². The molecule has 15 heavy (non-hydrogen) atoms. The van der Waals surface area contributed by atoms with Crippen LogP contribution in [0.1, 0.15) is 52.9 Å². The molecule has 2 nitrogen and oxygen atoms in total. The number of likely N-dealkylation sites (tertiary alicyclic amines) is 1. The maximum atomic E-state index is 5.62. The van der Waals surface area contributed by atoms with E-state index < -0.39 is 0 Å². The number of nitrogens with two attached hydrogens (primary N) is 1. The molecule has 1 heterocycles. The van der Waals surface area contributed by atoms with Gasteiger partial charge in [0.2, 0.25) is 0 Å². The highest BCUT2D eigenvalue weighted by atomic mass is 15.2. The van der Waals surface area contributed by atoms with Crippen molar-refractivity contribution in [3.63, 3.8) is 0 Å². The average Bonchev–Trinajstić information content (AvgIpc) is 2.29. The van der Waals surface area contributed by atoms with Crippen LogP contribution in [-0.2, 0) is 0 Å². The summed E-state index contributed by atoms with van der Waals surface area (Å²) in [5, 5.41) is 0. The topological polar surface area (TPSA) is 29.3 Å². The lowest BCUT2D eigenvalue weighted by Crippen LogP contribution is -2.44. The summed E-state index contributed by atoms with van der Waals surface area (Å²) >= 11 is 0. The van der Waals surface area contributed by atoms with Crippen LogP contribution in [0.25, 0.3) is 0 Å². The Morgan fingerprint density at radius 2 is 1.73 bits per heavy atom. The molecular formula is C13H28N2. The van der Waals surface area contributed by atoms with Gasteiger partial charge in [-0.2, -0.15) is 0 Å². The molecule has 0 aromatic heterocycles. The van der Waals surface area contributed by atoms with Crippen LogP contribution >= 0.6 is 0 Å². The van der Waals surface area contributed by atoms with Crippen LogP contribution in [-0.4, -0.2) is 30.6 Å². The molecule has 0 radical (unpaired) electrons. The number of rotatable bonds is 5. The largest absolute Gasteiger partial charge is 0.330 e. The molecule has 1 aliphatic heterocycles. The molecule has 0 aromatic carbocycles. The van der Waals surface area contributed by atoms with Gasteiger partial charge in [-0.3, -0.25) is 0 Å². The normalized spacial score (nSPS) is 24.0. The summed E-state index contributed by atoms with van der Waals surface area (Å²) in [5.41, 5.74) is 6.27. The van der Waals surface area contributed by atoms with Gasteiger partial charge in [-0.1, -0.05) is 26.7 Å². The lowest BCUT2D eigenvalue weighted by atomic mass is 9.74. The van der Waals surface area contributed by atoms with E-state index in [2.05, 4.69) is 25.7 Å². The van der Waals surface area contributed by atoms with Gasteiger partial charge >= 0.3 is 0 Å². The Morgan fingerprint density at radius 1 is 1.20 bits per heavy atom. The minimum atomic E-state index is 0.652. The van der Waals surface area contributed by atoms with Gasteiger partial charge in [-0.15, -0.1) is 0 Å². The van der Waals surface area contributed by atoms with Gasteiger partial charge in [0.05, 0.1) is 0 Å². The van der Waals surface area contributed by atoms with E-state index in [1.54, 1.807) is 0 Å². The maximum Gasteiger partial charge on any atom is 0.00789 e. The summed E-state index contributed by atoms with van der Waals surface area (Å²) < 4.78 is 0. The van der Waals surface area contributed by atoms with E-state index in [0.29, 0.717) is 11.5 Å². The first-order valence-electron chi connectivity index (χ1n) is 6.61. The molecule has 1 atom stereocenters. The highest BCUT2D eigenvalue weighted by Crippen LogP contribution is 2.38. The van der Waals surface area contributed by atoms with Gasteiger partial charge in [0.25, 0.3) is 0 Å². The van der Waals surface area contributed by atoms with E-state index in [0.717, 1.165) is 13.0 Å². The molecule has 0 aliphatic carbocycles. The second-order valence-corrected chi connectivity index (χ2v) is 5.17. The lowest BCUT2D eigenvalue weighted by Gasteiger charge is -2.43. The van der Waals surface area contributed by atoms with Crippen LogP contribution in [0, 0.1) is 5.41 Å². The van der Waals surface area contributed by atoms with Crippen molar-refractivity contribution < 1.29 is 0 Å². The van der Waals surface area contributed by atoms with Crippen molar-refractivity contribution in [2.45, 2.75) is 58.9 Å². The molecule has 1 aliphatic rings. The van der Waals surface area contributed by atoms with Crippen LogP contribution in [0.2, 0.25) is 0 Å². The van der Waals surface area contributed by atoms with Crippen molar-refractivity contribution in [2.24, 2.45) is 11.1 Å². The van der Waals surface area contributed by atoms with Gasteiger partial charge in [-0.25, -0.2) is 0 Å². The molecule has 1 fully saturated rings. The summed E-state index contributed by atoms with van der Waals surface area (Å²) in [7, 11) is 0. The van der Waals surface area contributed by atoms with Gasteiger partial charge in [0.1, 0.15) is 0 Å². The molecule has 90 valence electrons. The number of piperidine rings is 1. The molecule has 1 rings (SSSR count). The van der Waals surface area contributed by atoms with E-state index in [1.165, 1.54) is 38.8 Å². The van der Waals surface area contributed by atoms with Crippen molar-refractivity contribution in [2.75, 3.05) is 19.6 Å². The maximum absolute atomic E-state index is 5.62. The standard InChI is InChI=1S/C13H28N2/c1-4-13(5-2)7-10-15(11-8-13)12(3)6-9-14/h12H,4-11,14H2,1-3H3. The first-order chi connectivity index (χ1) is 7.17. The van der Waals surface area contributed by atoms with Crippen LogP contribution in [0.3, 0.4) is 0 Å². The zero-order valence-electron chi connectivity index (χ0n) is 10.8. The number of hydrogen-bond acceptors (Lipinski definition) is 2. The molecule has 0 spiro atoms. The van der Waals surface area contributed by atoms with Crippen molar-refractivity contribution in [3.05, 3.63) is 0 Å². The van der Waals surface area contributed by atoms with E-state index in [1.807, 2.05) is 0 Å². The number of nitrogens with zero attached hydrogens (tertiary/aromatic N) is 1. The van der Waals surface area contributed by atoms with Crippen LogP contribution < -0.4 is 5.73 Å². The molecule has 0 saturated carbocycles. The van der Waals surface area contributed by atoms with E-state index in [4.69, 9.17) is 5.73 Å². The second-order valence-electron chi connectivity index (χ2n) is 5.17. The highest BCUT2D eigenvalue weighted by molar-refractivity contribution is 4.85. The Morgan fingerprint density at radius 3 is 2.13 bits per heavy atom. The van der Waals surface area contributed by atoms with Gasteiger partial charge < -0.3 is 10.6 Å². The third kappa shape index (κ3) is 3.18. The van der Waals surface area contributed by atoms with Crippen molar-refractivity contribution in [3.8, 4) is 0 Å². The summed E-state index contributed by atoms with van der Waals surface area (Å²) in [4.78, 5) is 2.62. The molecule has 2 N–H and O–H groups in total. The van der Waals surface area contributed by atoms with E-state index in [9.17, 15) is 0 Å². The second kappa shape index (κ2) is 5.86. The molecule has 1 saturated heterocycles. The summed E-state index contributed by atoms with van der Waals surface area (Å²) in [5.74, 6) is 0. The van der Waals surface area contributed by atoms with Crippen LogP contribution in [0.4, 0.5) is 0 Å². The molecule has 0 aromatic rings. The van der Waals surface area contributed by atoms with Crippen molar-refractivity contribution in [1.29, 1.82) is 0 Å². The Bertz CT molecular complexity index is 165. The van der Waals surface area contributed by atoms with Gasteiger partial charge in [0, 0.05) is 6.04 Å². The fourth-order valence-electron chi connectivity index (χ4n) is 2.82. The fourth-order valence-corrected chi connectivity index (χ4v) is 2.82. The Hall–Kier alpha value is -0.0800. The third-order valence-corrected chi connectivity index (χ3v) is 4.57. The fraction of sp³-hybridized carbons (Fsp3) is 1.00. The molecular weight excluding hydrogens is 184 g/mol. The zero-order valence-corrected chi connectivity index (χ0v) is 10.8. The zero-order chi connectivity index (χ0) is 11.3. The first-order valence-corrected chi connectivity index (χ1v) is 6.61. The summed E-state index contributed by atoms with van der Waals surface area (Å²) in [6, 6.07) is 0.682. The monoisotopic (exact) mass is 212 g/mol. The van der Waals surface area contributed by atoms with E-state index in [-0.39, 0.29) is 0 Å². The van der Waals surface area contributed by atoms with Crippen molar-refractivity contribution in [1.82, 2.24) is 4.90 Å². The predicted octanol–water partition coefficient (Wildman–Crippen LogP) is 2.63. The quantitative estimate of drug-likeness (QED) is 0.759. The highest BCUT2D eigenvalue weighted by Gasteiger charge is 2.32. The van der Waals surface area contributed by atoms with Gasteiger partial charge in [0.15, 0.2) is 0 Å². The SMILES string of the molecule is CCC1(CC)CCN(C(C)CCN)CC1. The number of hydrogen-bond donors (Lipinski definition) is 1. The van der Waals surface area contributed by atoms with Crippen LogP contribution in [0.5, 0.6) is 0 Å². The van der Waals surface area contributed by atoms with Crippen molar-refractivity contribution >= 4 is 0 Å². The summed E-state index contributed by atoms with van der Waals surface area (Å²) in [6.45, 7) is 10.4. The third-order valence-electron chi connectivity index (χ3n) is 4.57. The predicted molar refractivity (Wildman–Crippen MR) is 67.0 cm³/mol. The Labute approximate surface area is 95.2 Å². The molecule has 1 unspecified atom stereocenters.